The van der Waals surface area contributed by atoms with Crippen LogP contribution >= 0.6 is 0 Å². The van der Waals surface area contributed by atoms with E-state index in [9.17, 15) is 0 Å². The van der Waals surface area contributed by atoms with Crippen LogP contribution in [-0.2, 0) is 0 Å². The van der Waals surface area contributed by atoms with Crippen molar-refractivity contribution in [3.05, 3.63) is 24.0 Å². The number of hydrogen-bond donors (Lipinski definition) is 2. The number of unbranched alkanes of at least 4 members (excludes halogenated alkanes) is 1. The minimum Gasteiger partial charge on any atom is -0.497 e. The Morgan fingerprint density at radius 2 is 2.00 bits per heavy atom. The van der Waals surface area contributed by atoms with Gasteiger partial charge in [0, 0.05) is 12.6 Å². The molecule has 7 heteroatoms. The van der Waals surface area contributed by atoms with Crippen LogP contribution in [0.5, 0.6) is 5.75 Å². The molecule has 0 aliphatic rings. The molecule has 0 aliphatic carbocycles. The lowest BCUT2D eigenvalue weighted by Crippen LogP contribution is -2.11. The summed E-state index contributed by atoms with van der Waals surface area (Å²) in [6.45, 7) is 3.82. The lowest BCUT2D eigenvalue weighted by molar-refractivity contribution is 0.415. The van der Waals surface area contributed by atoms with Crippen molar-refractivity contribution in [1.82, 2.24) is 24.9 Å². The van der Waals surface area contributed by atoms with Gasteiger partial charge < -0.3 is 15.4 Å². The highest BCUT2D eigenvalue weighted by molar-refractivity contribution is 5.84. The van der Waals surface area contributed by atoms with Crippen molar-refractivity contribution >= 4 is 22.5 Å². The molecule has 0 unspecified atom stereocenters. The van der Waals surface area contributed by atoms with Crippen LogP contribution in [0.1, 0.15) is 18.7 Å². The zero-order chi connectivity index (χ0) is 16.2. The molecular formula is C16H22N6O. The van der Waals surface area contributed by atoms with E-state index < -0.39 is 0 Å². The van der Waals surface area contributed by atoms with Gasteiger partial charge in [-0.15, -0.1) is 10.2 Å². The van der Waals surface area contributed by atoms with Gasteiger partial charge in [0.25, 0.3) is 0 Å². The second kappa shape index (κ2) is 6.78. The van der Waals surface area contributed by atoms with Gasteiger partial charge in [-0.1, -0.05) is 0 Å². The molecule has 0 saturated heterocycles. The number of aryl methyl sites for hydroxylation is 1. The predicted octanol–water partition coefficient (Wildman–Crippen LogP) is 2.01. The highest BCUT2D eigenvalue weighted by atomic mass is 16.5. The van der Waals surface area contributed by atoms with Crippen molar-refractivity contribution in [2.75, 3.05) is 32.6 Å². The first-order valence-electron chi connectivity index (χ1n) is 7.82. The molecule has 0 fully saturated rings. The molecule has 0 spiro atoms. The Bertz CT molecular complexity index is 813. The van der Waals surface area contributed by atoms with Crippen molar-refractivity contribution in [1.29, 1.82) is 0 Å². The summed E-state index contributed by atoms with van der Waals surface area (Å²) in [5.74, 6) is 2.40. The first kappa shape index (κ1) is 15.5. The largest absolute Gasteiger partial charge is 0.497 e. The number of hydrogen-bond acceptors (Lipinski definition) is 6. The molecule has 0 saturated carbocycles. The van der Waals surface area contributed by atoms with Crippen LogP contribution in [0.2, 0.25) is 0 Å². The van der Waals surface area contributed by atoms with Gasteiger partial charge in [0.1, 0.15) is 11.6 Å². The SMILES string of the molecule is CNCCCCNc1nc2ccc(OC)cc2n2c(C)nnc12. The molecule has 122 valence electrons. The molecule has 2 aromatic heterocycles. The Morgan fingerprint density at radius 1 is 1.17 bits per heavy atom. The number of anilines is 1. The Morgan fingerprint density at radius 3 is 2.78 bits per heavy atom. The Kier molecular flexibility index (Phi) is 4.57. The van der Waals surface area contributed by atoms with Gasteiger partial charge in [-0.3, -0.25) is 4.40 Å². The molecule has 0 bridgehead atoms. The topological polar surface area (TPSA) is 76.4 Å². The fourth-order valence-electron chi connectivity index (χ4n) is 2.63. The molecule has 23 heavy (non-hydrogen) atoms. The standard InChI is InChI=1S/C16H22N6O/c1-11-20-21-16-15(18-9-5-4-8-17-2)19-13-7-6-12(23-3)10-14(13)22(11)16/h6-7,10,17H,4-5,8-9H2,1-3H3,(H,18,19). The predicted molar refractivity (Wildman–Crippen MR) is 91.2 cm³/mol. The van der Waals surface area contributed by atoms with Gasteiger partial charge in [0.2, 0.25) is 5.65 Å². The van der Waals surface area contributed by atoms with E-state index in [0.717, 1.165) is 60.0 Å². The molecule has 3 aromatic rings. The number of methoxy groups -OCH3 is 1. The number of ether oxygens (including phenoxy) is 1. The molecular weight excluding hydrogens is 292 g/mol. The van der Waals surface area contributed by atoms with Crippen LogP contribution in [0.3, 0.4) is 0 Å². The average molecular weight is 314 g/mol. The Hall–Kier alpha value is -2.41. The van der Waals surface area contributed by atoms with Gasteiger partial charge in [0.05, 0.1) is 18.1 Å². The maximum Gasteiger partial charge on any atom is 0.204 e. The molecule has 0 radical (unpaired) electrons. The van der Waals surface area contributed by atoms with Crippen LogP contribution in [-0.4, -0.2) is 46.8 Å². The third-order valence-electron chi connectivity index (χ3n) is 3.84. The van der Waals surface area contributed by atoms with Crippen molar-refractivity contribution in [3.8, 4) is 5.75 Å². The van der Waals surface area contributed by atoms with Crippen molar-refractivity contribution in [2.24, 2.45) is 0 Å². The minimum absolute atomic E-state index is 0.747. The van der Waals surface area contributed by atoms with E-state index in [2.05, 4.69) is 20.8 Å². The van der Waals surface area contributed by atoms with E-state index >= 15 is 0 Å². The number of nitrogens with one attached hydrogen (secondary N) is 2. The van der Waals surface area contributed by atoms with Crippen LogP contribution in [0.15, 0.2) is 18.2 Å². The van der Waals surface area contributed by atoms with Crippen LogP contribution in [0.25, 0.3) is 16.7 Å². The van der Waals surface area contributed by atoms with Crippen molar-refractivity contribution in [2.45, 2.75) is 19.8 Å². The summed E-state index contributed by atoms with van der Waals surface area (Å²) in [6, 6.07) is 5.83. The van der Waals surface area contributed by atoms with Gasteiger partial charge >= 0.3 is 0 Å². The summed E-state index contributed by atoms with van der Waals surface area (Å²) in [6.07, 6.45) is 2.19. The molecule has 0 amide bonds. The zero-order valence-electron chi connectivity index (χ0n) is 13.8. The van der Waals surface area contributed by atoms with E-state index in [4.69, 9.17) is 9.72 Å². The number of rotatable bonds is 7. The molecule has 2 heterocycles. The molecule has 7 nitrogen and oxygen atoms in total. The van der Waals surface area contributed by atoms with Crippen molar-refractivity contribution in [3.63, 3.8) is 0 Å². The van der Waals surface area contributed by atoms with Crippen LogP contribution < -0.4 is 15.4 Å². The Labute approximate surface area is 135 Å². The molecule has 0 aliphatic heterocycles. The van der Waals surface area contributed by atoms with Gasteiger partial charge in [-0.2, -0.15) is 0 Å². The van der Waals surface area contributed by atoms with Gasteiger partial charge in [-0.25, -0.2) is 4.98 Å². The second-order valence-electron chi connectivity index (χ2n) is 5.46. The number of aromatic nitrogens is 4. The summed E-state index contributed by atoms with van der Waals surface area (Å²) in [5, 5.41) is 15.0. The lowest BCUT2D eigenvalue weighted by atomic mass is 10.2. The smallest absolute Gasteiger partial charge is 0.204 e. The summed E-state index contributed by atoms with van der Waals surface area (Å²) >= 11 is 0. The fraction of sp³-hybridized carbons (Fsp3) is 0.438. The number of fused-ring (bicyclic) bond motifs is 3. The number of benzene rings is 1. The highest BCUT2D eigenvalue weighted by Crippen LogP contribution is 2.25. The first-order chi connectivity index (χ1) is 11.2. The van der Waals surface area contributed by atoms with Crippen molar-refractivity contribution < 1.29 is 4.74 Å². The van der Waals surface area contributed by atoms with Gasteiger partial charge in [0.15, 0.2) is 5.82 Å². The minimum atomic E-state index is 0.747. The Balaban J connectivity index is 1.97. The van der Waals surface area contributed by atoms with Crippen LogP contribution in [0.4, 0.5) is 5.82 Å². The first-order valence-corrected chi connectivity index (χ1v) is 7.82. The summed E-state index contributed by atoms with van der Waals surface area (Å²) in [5.41, 5.74) is 2.58. The normalized spacial score (nSPS) is 11.3. The average Bonchev–Trinajstić information content (AvgIpc) is 2.96. The summed E-state index contributed by atoms with van der Waals surface area (Å²) in [4.78, 5) is 4.70. The molecule has 0 atom stereocenters. The summed E-state index contributed by atoms with van der Waals surface area (Å²) < 4.78 is 7.33. The third-order valence-corrected chi connectivity index (χ3v) is 3.84. The maximum absolute atomic E-state index is 5.32. The number of nitrogens with zero attached hydrogens (tertiary/aromatic N) is 4. The van der Waals surface area contributed by atoms with Gasteiger partial charge in [-0.05, 0) is 45.5 Å². The third kappa shape index (κ3) is 3.05. The zero-order valence-corrected chi connectivity index (χ0v) is 13.8. The highest BCUT2D eigenvalue weighted by Gasteiger charge is 2.13. The van der Waals surface area contributed by atoms with E-state index in [-0.39, 0.29) is 0 Å². The maximum atomic E-state index is 5.32. The fourth-order valence-corrected chi connectivity index (χ4v) is 2.63. The molecule has 2 N–H and O–H groups in total. The van der Waals surface area contributed by atoms with E-state index in [1.54, 1.807) is 7.11 Å². The molecule has 1 aromatic carbocycles. The van der Waals surface area contributed by atoms with E-state index in [1.165, 1.54) is 0 Å². The monoisotopic (exact) mass is 314 g/mol. The summed E-state index contributed by atoms with van der Waals surface area (Å²) in [7, 11) is 3.63. The second-order valence-corrected chi connectivity index (χ2v) is 5.46. The lowest BCUT2D eigenvalue weighted by Gasteiger charge is -2.10. The molecule has 3 rings (SSSR count). The van der Waals surface area contributed by atoms with E-state index in [1.807, 2.05) is 36.6 Å². The van der Waals surface area contributed by atoms with E-state index in [0.29, 0.717) is 0 Å². The van der Waals surface area contributed by atoms with Crippen LogP contribution in [0, 0.1) is 6.92 Å². The quantitative estimate of drug-likeness (QED) is 0.650.